The molecular weight excluding hydrogens is 230 g/mol. The van der Waals surface area contributed by atoms with Crippen molar-refractivity contribution >= 4 is 11.9 Å². The van der Waals surface area contributed by atoms with Gasteiger partial charge in [-0.25, -0.2) is 0 Å². The van der Waals surface area contributed by atoms with Gasteiger partial charge >= 0.3 is 5.97 Å². The summed E-state index contributed by atoms with van der Waals surface area (Å²) in [5.74, 6) is 0.887. The SMILES string of the molecule is CCNC(=NCCCCC(=O)OC)N1CCCC1. The minimum atomic E-state index is -0.134. The first-order valence-corrected chi connectivity index (χ1v) is 6.88. The Morgan fingerprint density at radius 3 is 2.67 bits per heavy atom. The van der Waals surface area contributed by atoms with Gasteiger partial charge in [0.25, 0.3) is 0 Å². The average Bonchev–Trinajstić information content (AvgIpc) is 2.90. The number of rotatable bonds is 6. The van der Waals surface area contributed by atoms with E-state index < -0.39 is 0 Å². The van der Waals surface area contributed by atoms with Crippen LogP contribution in [-0.4, -0.2) is 50.1 Å². The first kappa shape index (κ1) is 14.8. The summed E-state index contributed by atoms with van der Waals surface area (Å²) in [4.78, 5) is 17.8. The summed E-state index contributed by atoms with van der Waals surface area (Å²) < 4.78 is 4.60. The van der Waals surface area contributed by atoms with Gasteiger partial charge in [-0.3, -0.25) is 9.79 Å². The van der Waals surface area contributed by atoms with Gasteiger partial charge in [0.2, 0.25) is 0 Å². The maximum absolute atomic E-state index is 10.9. The molecule has 0 bridgehead atoms. The number of carbonyl (C=O) groups is 1. The lowest BCUT2D eigenvalue weighted by atomic mass is 10.2. The lowest BCUT2D eigenvalue weighted by Crippen LogP contribution is -2.39. The number of likely N-dealkylation sites (tertiary alicyclic amines) is 1. The maximum atomic E-state index is 10.9. The van der Waals surface area contributed by atoms with Crippen LogP contribution in [0.3, 0.4) is 0 Å². The molecule has 104 valence electrons. The Bertz CT molecular complexity index is 273. The number of esters is 1. The fraction of sp³-hybridized carbons (Fsp3) is 0.846. The molecule has 5 heteroatoms. The van der Waals surface area contributed by atoms with E-state index in [0.29, 0.717) is 6.42 Å². The Morgan fingerprint density at radius 2 is 2.06 bits per heavy atom. The van der Waals surface area contributed by atoms with Crippen LogP contribution < -0.4 is 5.32 Å². The predicted molar refractivity (Wildman–Crippen MR) is 72.7 cm³/mol. The highest BCUT2D eigenvalue weighted by Gasteiger charge is 2.14. The summed E-state index contributed by atoms with van der Waals surface area (Å²) in [6.45, 7) is 5.97. The van der Waals surface area contributed by atoms with E-state index >= 15 is 0 Å². The minimum absolute atomic E-state index is 0.134. The molecule has 1 heterocycles. The summed E-state index contributed by atoms with van der Waals surface area (Å²) in [5, 5.41) is 3.32. The van der Waals surface area contributed by atoms with Gasteiger partial charge in [-0.05, 0) is 32.6 Å². The van der Waals surface area contributed by atoms with Crippen LogP contribution in [0.15, 0.2) is 4.99 Å². The van der Waals surface area contributed by atoms with Gasteiger partial charge < -0.3 is 15.0 Å². The largest absolute Gasteiger partial charge is 0.469 e. The molecule has 0 unspecified atom stereocenters. The number of nitrogens with zero attached hydrogens (tertiary/aromatic N) is 2. The van der Waals surface area contributed by atoms with Crippen molar-refractivity contribution in [1.82, 2.24) is 10.2 Å². The number of guanidine groups is 1. The van der Waals surface area contributed by atoms with Gasteiger partial charge in [-0.15, -0.1) is 0 Å². The maximum Gasteiger partial charge on any atom is 0.305 e. The Hall–Kier alpha value is -1.26. The molecule has 0 aromatic heterocycles. The van der Waals surface area contributed by atoms with Crippen molar-refractivity contribution in [2.24, 2.45) is 4.99 Å². The number of carbonyl (C=O) groups excluding carboxylic acids is 1. The van der Waals surface area contributed by atoms with Gasteiger partial charge in [0.15, 0.2) is 5.96 Å². The Labute approximate surface area is 110 Å². The van der Waals surface area contributed by atoms with E-state index in [-0.39, 0.29) is 5.97 Å². The number of aliphatic imine (C=N–C) groups is 1. The monoisotopic (exact) mass is 255 g/mol. The molecule has 1 aliphatic heterocycles. The van der Waals surface area contributed by atoms with E-state index in [2.05, 4.69) is 26.9 Å². The summed E-state index contributed by atoms with van der Waals surface area (Å²) >= 11 is 0. The van der Waals surface area contributed by atoms with Gasteiger partial charge in [-0.1, -0.05) is 0 Å². The second-order valence-corrected chi connectivity index (χ2v) is 4.46. The average molecular weight is 255 g/mol. The van der Waals surface area contributed by atoms with Crippen molar-refractivity contribution in [3.63, 3.8) is 0 Å². The van der Waals surface area contributed by atoms with Gasteiger partial charge in [-0.2, -0.15) is 0 Å². The highest BCUT2D eigenvalue weighted by Crippen LogP contribution is 2.07. The molecule has 0 aromatic carbocycles. The summed E-state index contributed by atoms with van der Waals surface area (Å²) in [5.41, 5.74) is 0. The molecule has 0 radical (unpaired) electrons. The zero-order valence-corrected chi connectivity index (χ0v) is 11.6. The molecule has 0 saturated carbocycles. The Morgan fingerprint density at radius 1 is 1.33 bits per heavy atom. The molecule has 1 rings (SSSR count). The van der Waals surface area contributed by atoms with Crippen molar-refractivity contribution in [1.29, 1.82) is 0 Å². The Balaban J connectivity index is 2.25. The lowest BCUT2D eigenvalue weighted by molar-refractivity contribution is -0.140. The molecule has 0 atom stereocenters. The number of hydrogen-bond donors (Lipinski definition) is 1. The zero-order valence-electron chi connectivity index (χ0n) is 11.6. The first-order valence-electron chi connectivity index (χ1n) is 6.88. The van der Waals surface area contributed by atoms with Crippen LogP contribution in [0.25, 0.3) is 0 Å². The lowest BCUT2D eigenvalue weighted by Gasteiger charge is -2.20. The number of methoxy groups -OCH3 is 1. The second-order valence-electron chi connectivity index (χ2n) is 4.46. The van der Waals surface area contributed by atoms with E-state index in [0.717, 1.165) is 45.0 Å². The molecular formula is C13H25N3O2. The molecule has 0 aromatic rings. The van der Waals surface area contributed by atoms with Crippen LogP contribution in [0.1, 0.15) is 39.0 Å². The molecule has 5 nitrogen and oxygen atoms in total. The summed E-state index contributed by atoms with van der Waals surface area (Å²) in [7, 11) is 1.43. The molecule has 18 heavy (non-hydrogen) atoms. The third kappa shape index (κ3) is 5.38. The number of hydrogen-bond acceptors (Lipinski definition) is 3. The molecule has 0 aliphatic carbocycles. The van der Waals surface area contributed by atoms with E-state index in [1.807, 2.05) is 0 Å². The van der Waals surface area contributed by atoms with E-state index in [4.69, 9.17) is 0 Å². The smallest absolute Gasteiger partial charge is 0.305 e. The van der Waals surface area contributed by atoms with Crippen LogP contribution in [0.2, 0.25) is 0 Å². The molecule has 0 spiro atoms. The van der Waals surface area contributed by atoms with Crippen molar-refractivity contribution < 1.29 is 9.53 Å². The van der Waals surface area contributed by atoms with Crippen LogP contribution in [0, 0.1) is 0 Å². The normalized spacial score (nSPS) is 15.9. The number of ether oxygens (including phenoxy) is 1. The second kappa shape index (κ2) is 8.78. The van der Waals surface area contributed by atoms with E-state index in [1.165, 1.54) is 20.0 Å². The van der Waals surface area contributed by atoms with Gasteiger partial charge in [0.05, 0.1) is 7.11 Å². The highest BCUT2D eigenvalue weighted by molar-refractivity contribution is 5.80. The third-order valence-electron chi connectivity index (χ3n) is 3.02. The quantitative estimate of drug-likeness (QED) is 0.337. The molecule has 1 aliphatic rings. The van der Waals surface area contributed by atoms with E-state index in [1.54, 1.807) is 0 Å². The van der Waals surface area contributed by atoms with Crippen LogP contribution >= 0.6 is 0 Å². The van der Waals surface area contributed by atoms with Crippen LogP contribution in [0.5, 0.6) is 0 Å². The Kier molecular flexibility index (Phi) is 7.22. The predicted octanol–water partition coefficient (Wildman–Crippen LogP) is 1.39. The van der Waals surface area contributed by atoms with E-state index in [9.17, 15) is 4.79 Å². The standard InChI is InChI=1S/C13H25N3O2/c1-3-14-13(16-10-6-7-11-16)15-9-5-4-8-12(17)18-2/h3-11H2,1-2H3,(H,14,15). The molecule has 1 saturated heterocycles. The van der Waals surface area contributed by atoms with Crippen molar-refractivity contribution in [2.75, 3.05) is 33.3 Å². The molecule has 1 fully saturated rings. The van der Waals surface area contributed by atoms with Crippen molar-refractivity contribution in [3.05, 3.63) is 0 Å². The summed E-state index contributed by atoms with van der Waals surface area (Å²) in [6, 6.07) is 0. The minimum Gasteiger partial charge on any atom is -0.469 e. The van der Waals surface area contributed by atoms with Crippen LogP contribution in [0.4, 0.5) is 0 Å². The fourth-order valence-electron chi connectivity index (χ4n) is 2.02. The highest BCUT2D eigenvalue weighted by atomic mass is 16.5. The third-order valence-corrected chi connectivity index (χ3v) is 3.02. The first-order chi connectivity index (χ1) is 8.77. The molecule has 1 N–H and O–H groups in total. The van der Waals surface area contributed by atoms with Gasteiger partial charge in [0, 0.05) is 32.6 Å². The van der Waals surface area contributed by atoms with Crippen molar-refractivity contribution in [3.8, 4) is 0 Å². The van der Waals surface area contributed by atoms with Gasteiger partial charge in [0.1, 0.15) is 0 Å². The summed E-state index contributed by atoms with van der Waals surface area (Å²) in [6.07, 6.45) is 4.78. The zero-order chi connectivity index (χ0) is 13.2. The topological polar surface area (TPSA) is 53.9 Å². The number of nitrogens with one attached hydrogen (secondary N) is 1. The fourth-order valence-corrected chi connectivity index (χ4v) is 2.02. The molecule has 0 amide bonds. The van der Waals surface area contributed by atoms with Crippen molar-refractivity contribution in [2.45, 2.75) is 39.0 Å². The number of unbranched alkanes of at least 4 members (excludes halogenated alkanes) is 1. The van der Waals surface area contributed by atoms with Crippen LogP contribution in [-0.2, 0) is 9.53 Å².